The number of amides is 2. The summed E-state index contributed by atoms with van der Waals surface area (Å²) in [6.07, 6.45) is 0.793. The number of para-hydroxylation sites is 1. The van der Waals surface area contributed by atoms with Crippen LogP contribution in [-0.4, -0.2) is 61.6 Å². The quantitative estimate of drug-likeness (QED) is 0.564. The number of aryl methyl sites for hydroxylation is 1. The predicted octanol–water partition coefficient (Wildman–Crippen LogP) is 0.0387. The van der Waals surface area contributed by atoms with Crippen molar-refractivity contribution < 1.29 is 24.2 Å². The van der Waals surface area contributed by atoms with Crippen molar-refractivity contribution >= 4 is 23.5 Å². The SMILES string of the molecule is CNC(=O)CCc1ccccc1NC1=C(C(=O)OC)CN(CCO)C1=O. The largest absolute Gasteiger partial charge is 0.466 e. The van der Waals surface area contributed by atoms with E-state index in [0.29, 0.717) is 18.5 Å². The van der Waals surface area contributed by atoms with Crippen LogP contribution in [0, 0.1) is 0 Å². The fourth-order valence-corrected chi connectivity index (χ4v) is 2.72. The first kappa shape index (κ1) is 19.5. The third-order valence-corrected chi connectivity index (χ3v) is 4.13. The van der Waals surface area contributed by atoms with E-state index in [-0.39, 0.29) is 42.8 Å². The second-order valence-electron chi connectivity index (χ2n) is 5.75. The molecule has 3 N–H and O–H groups in total. The van der Waals surface area contributed by atoms with Crippen LogP contribution in [0.15, 0.2) is 35.5 Å². The molecule has 0 aliphatic carbocycles. The average molecular weight is 361 g/mol. The summed E-state index contributed by atoms with van der Waals surface area (Å²) < 4.78 is 4.77. The summed E-state index contributed by atoms with van der Waals surface area (Å²) in [6, 6.07) is 7.28. The van der Waals surface area contributed by atoms with Crippen LogP contribution in [0.1, 0.15) is 12.0 Å². The minimum absolute atomic E-state index is 0.0782. The molecule has 0 atom stereocenters. The van der Waals surface area contributed by atoms with Gasteiger partial charge in [-0.25, -0.2) is 4.79 Å². The van der Waals surface area contributed by atoms with Crippen molar-refractivity contribution in [1.82, 2.24) is 10.2 Å². The second-order valence-corrected chi connectivity index (χ2v) is 5.75. The Bertz CT molecular complexity index is 729. The molecule has 8 nitrogen and oxygen atoms in total. The number of hydrogen-bond acceptors (Lipinski definition) is 6. The number of anilines is 1. The molecule has 1 aliphatic heterocycles. The number of carbonyl (C=O) groups excluding carboxylic acids is 3. The third-order valence-electron chi connectivity index (χ3n) is 4.13. The Balaban J connectivity index is 2.28. The van der Waals surface area contributed by atoms with Gasteiger partial charge in [-0.05, 0) is 18.1 Å². The van der Waals surface area contributed by atoms with Crippen molar-refractivity contribution in [2.24, 2.45) is 0 Å². The van der Waals surface area contributed by atoms with Crippen LogP contribution >= 0.6 is 0 Å². The molecule has 1 heterocycles. The lowest BCUT2D eigenvalue weighted by Gasteiger charge is -2.16. The van der Waals surface area contributed by atoms with Crippen LogP contribution in [0.2, 0.25) is 0 Å². The van der Waals surface area contributed by atoms with E-state index in [0.717, 1.165) is 5.56 Å². The molecule has 2 rings (SSSR count). The van der Waals surface area contributed by atoms with Crippen LogP contribution in [0.25, 0.3) is 0 Å². The molecule has 0 saturated carbocycles. The van der Waals surface area contributed by atoms with E-state index in [9.17, 15) is 14.4 Å². The van der Waals surface area contributed by atoms with E-state index in [1.807, 2.05) is 12.1 Å². The lowest BCUT2D eigenvalue weighted by molar-refractivity contribution is -0.136. The lowest BCUT2D eigenvalue weighted by Crippen LogP contribution is -2.31. The van der Waals surface area contributed by atoms with E-state index in [2.05, 4.69) is 10.6 Å². The van der Waals surface area contributed by atoms with Gasteiger partial charge < -0.3 is 25.4 Å². The lowest BCUT2D eigenvalue weighted by atomic mass is 10.1. The number of nitrogens with one attached hydrogen (secondary N) is 2. The number of ether oxygens (including phenoxy) is 1. The highest BCUT2D eigenvalue weighted by Crippen LogP contribution is 2.25. The highest BCUT2D eigenvalue weighted by atomic mass is 16.5. The molecule has 0 aromatic heterocycles. The van der Waals surface area contributed by atoms with Crippen molar-refractivity contribution in [2.45, 2.75) is 12.8 Å². The van der Waals surface area contributed by atoms with Crippen LogP contribution < -0.4 is 10.6 Å². The zero-order valence-corrected chi connectivity index (χ0v) is 14.9. The number of β-amino-alcohol motifs (C(OH)–C–C–N with tert-alkyl or cyclic N) is 1. The smallest absolute Gasteiger partial charge is 0.337 e. The summed E-state index contributed by atoms with van der Waals surface area (Å²) in [6.45, 7) is 0.00776. The molecule has 0 fully saturated rings. The molecule has 0 saturated heterocycles. The van der Waals surface area contributed by atoms with Gasteiger partial charge in [0.15, 0.2) is 0 Å². The molecule has 1 aromatic carbocycles. The second kappa shape index (κ2) is 9.00. The predicted molar refractivity (Wildman–Crippen MR) is 95.2 cm³/mol. The number of hydrogen-bond donors (Lipinski definition) is 3. The minimum atomic E-state index is -0.593. The molecule has 0 unspecified atom stereocenters. The van der Waals surface area contributed by atoms with Gasteiger partial charge in [0.05, 0.1) is 25.8 Å². The van der Waals surface area contributed by atoms with Crippen molar-refractivity contribution in [3.63, 3.8) is 0 Å². The normalized spacial score (nSPS) is 13.8. The number of rotatable bonds is 8. The maximum Gasteiger partial charge on any atom is 0.337 e. The molecule has 140 valence electrons. The van der Waals surface area contributed by atoms with E-state index < -0.39 is 5.97 Å². The number of aliphatic hydroxyl groups excluding tert-OH is 1. The molecule has 2 amide bonds. The Kier molecular flexibility index (Phi) is 6.74. The molecule has 0 bridgehead atoms. The van der Waals surface area contributed by atoms with Gasteiger partial charge in [0.2, 0.25) is 5.91 Å². The van der Waals surface area contributed by atoms with Crippen molar-refractivity contribution in [2.75, 3.05) is 39.2 Å². The number of esters is 1. The monoisotopic (exact) mass is 361 g/mol. The average Bonchev–Trinajstić information content (AvgIpc) is 2.96. The van der Waals surface area contributed by atoms with Gasteiger partial charge in [-0.1, -0.05) is 18.2 Å². The maximum atomic E-state index is 12.6. The molecule has 0 radical (unpaired) electrons. The summed E-state index contributed by atoms with van der Waals surface area (Å²) in [5.74, 6) is -1.05. The van der Waals surface area contributed by atoms with Crippen LogP contribution in [0.3, 0.4) is 0 Å². The molecule has 26 heavy (non-hydrogen) atoms. The molecule has 1 aromatic rings. The van der Waals surface area contributed by atoms with Gasteiger partial charge >= 0.3 is 5.97 Å². The zero-order chi connectivity index (χ0) is 19.1. The number of nitrogens with zero attached hydrogens (tertiary/aromatic N) is 1. The maximum absolute atomic E-state index is 12.6. The Labute approximate surface area is 151 Å². The van der Waals surface area contributed by atoms with Gasteiger partial charge in [0, 0.05) is 25.7 Å². The number of carbonyl (C=O) groups is 3. The Morgan fingerprint density at radius 2 is 2.04 bits per heavy atom. The summed E-state index contributed by atoms with van der Waals surface area (Å²) in [5, 5.41) is 14.7. The van der Waals surface area contributed by atoms with E-state index in [4.69, 9.17) is 9.84 Å². The van der Waals surface area contributed by atoms with Gasteiger partial charge in [-0.15, -0.1) is 0 Å². The fourth-order valence-electron chi connectivity index (χ4n) is 2.72. The van der Waals surface area contributed by atoms with Crippen molar-refractivity contribution in [3.8, 4) is 0 Å². The first-order chi connectivity index (χ1) is 12.5. The minimum Gasteiger partial charge on any atom is -0.466 e. The standard InChI is InChI=1S/C18H23N3O5/c1-19-15(23)8-7-12-5-3-4-6-14(12)20-16-13(18(25)26-2)11-21(9-10-22)17(16)24/h3-6,20,22H,7-11H2,1-2H3,(H,19,23). The first-order valence-electron chi connectivity index (χ1n) is 8.29. The number of benzene rings is 1. The topological polar surface area (TPSA) is 108 Å². The van der Waals surface area contributed by atoms with Gasteiger partial charge in [0.25, 0.3) is 5.91 Å². The molecular formula is C18H23N3O5. The highest BCUT2D eigenvalue weighted by Gasteiger charge is 2.34. The van der Waals surface area contributed by atoms with Crippen molar-refractivity contribution in [3.05, 3.63) is 41.1 Å². The van der Waals surface area contributed by atoms with Crippen LogP contribution in [0.5, 0.6) is 0 Å². The van der Waals surface area contributed by atoms with Gasteiger partial charge in [-0.2, -0.15) is 0 Å². The Morgan fingerprint density at radius 3 is 2.69 bits per heavy atom. The highest BCUT2D eigenvalue weighted by molar-refractivity contribution is 6.08. The molecule has 1 aliphatic rings. The van der Waals surface area contributed by atoms with Gasteiger partial charge in [-0.3, -0.25) is 9.59 Å². The van der Waals surface area contributed by atoms with E-state index >= 15 is 0 Å². The first-order valence-corrected chi connectivity index (χ1v) is 8.29. The Hall–Kier alpha value is -2.87. The van der Waals surface area contributed by atoms with Crippen LogP contribution in [0.4, 0.5) is 5.69 Å². The summed E-state index contributed by atoms with van der Waals surface area (Å²) >= 11 is 0. The molecule has 0 spiro atoms. The molecule has 8 heteroatoms. The fraction of sp³-hybridized carbons (Fsp3) is 0.389. The number of methoxy groups -OCH3 is 1. The van der Waals surface area contributed by atoms with Crippen molar-refractivity contribution in [1.29, 1.82) is 0 Å². The van der Waals surface area contributed by atoms with Gasteiger partial charge in [0.1, 0.15) is 5.70 Å². The van der Waals surface area contributed by atoms with Crippen LogP contribution in [-0.2, 0) is 25.5 Å². The summed E-state index contributed by atoms with van der Waals surface area (Å²) in [7, 11) is 2.83. The third kappa shape index (κ3) is 4.40. The van der Waals surface area contributed by atoms with E-state index in [1.165, 1.54) is 12.0 Å². The summed E-state index contributed by atoms with van der Waals surface area (Å²) in [5.41, 5.74) is 1.85. The summed E-state index contributed by atoms with van der Waals surface area (Å²) in [4.78, 5) is 37.5. The number of aliphatic hydroxyl groups is 1. The Morgan fingerprint density at radius 1 is 1.31 bits per heavy atom. The van der Waals surface area contributed by atoms with E-state index in [1.54, 1.807) is 19.2 Å². The molecular weight excluding hydrogens is 338 g/mol. The zero-order valence-electron chi connectivity index (χ0n) is 14.9.